The second-order valence-corrected chi connectivity index (χ2v) is 3.57. The Kier molecular flexibility index (Phi) is 3.48. The van der Waals surface area contributed by atoms with Crippen molar-refractivity contribution in [3.8, 4) is 0 Å². The first-order valence-corrected chi connectivity index (χ1v) is 4.61. The average Bonchev–Trinajstić information content (AvgIpc) is 2.14. The molecule has 0 atom stereocenters. The summed E-state index contributed by atoms with van der Waals surface area (Å²) >= 11 is 5.52. The van der Waals surface area contributed by atoms with E-state index in [-0.39, 0.29) is 10.6 Å². The lowest BCUT2D eigenvalue weighted by molar-refractivity contribution is -0.138. The summed E-state index contributed by atoms with van der Waals surface area (Å²) in [5, 5.41) is -0.0718. The maximum absolute atomic E-state index is 12.6. The van der Waals surface area contributed by atoms with E-state index in [1.165, 1.54) is 13.0 Å². The van der Waals surface area contributed by atoms with Crippen molar-refractivity contribution in [3.05, 3.63) is 33.8 Å². The van der Waals surface area contributed by atoms with Crippen LogP contribution in [0.1, 0.15) is 21.5 Å². The minimum absolute atomic E-state index is 0.0718. The Morgan fingerprint density at radius 1 is 1.38 bits per heavy atom. The van der Waals surface area contributed by atoms with Crippen LogP contribution in [0, 0.1) is 6.92 Å². The highest BCUT2D eigenvalue weighted by molar-refractivity contribution is 6.30. The van der Waals surface area contributed by atoms with Gasteiger partial charge in [0, 0.05) is 5.02 Å². The predicted molar refractivity (Wildman–Crippen MR) is 52.5 cm³/mol. The largest absolute Gasteiger partial charge is 0.465 e. The highest BCUT2D eigenvalue weighted by atomic mass is 35.5. The Hall–Kier alpha value is -1.23. The van der Waals surface area contributed by atoms with Crippen LogP contribution in [-0.2, 0) is 10.9 Å². The monoisotopic (exact) mass is 252 g/mol. The number of carbonyl (C=O) groups excluding carboxylic acids is 1. The molecule has 1 rings (SSSR count). The Morgan fingerprint density at radius 2 is 1.94 bits per heavy atom. The molecule has 0 heterocycles. The van der Waals surface area contributed by atoms with Gasteiger partial charge in [0.05, 0.1) is 18.2 Å². The van der Waals surface area contributed by atoms with Gasteiger partial charge < -0.3 is 4.74 Å². The first kappa shape index (κ1) is 12.8. The molecule has 1 aromatic rings. The number of methoxy groups -OCH3 is 1. The molecule has 88 valence electrons. The zero-order valence-corrected chi connectivity index (χ0v) is 9.24. The summed E-state index contributed by atoms with van der Waals surface area (Å²) < 4.78 is 42.2. The van der Waals surface area contributed by atoms with E-state index >= 15 is 0 Å². The Morgan fingerprint density at radius 3 is 2.38 bits per heavy atom. The summed E-state index contributed by atoms with van der Waals surface area (Å²) in [6.45, 7) is 1.37. The van der Waals surface area contributed by atoms with E-state index in [0.29, 0.717) is 6.07 Å². The molecule has 0 N–H and O–H groups in total. The Balaban J connectivity index is 3.51. The maximum Gasteiger partial charge on any atom is 0.417 e. The van der Waals surface area contributed by atoms with Crippen LogP contribution in [0.4, 0.5) is 13.2 Å². The quantitative estimate of drug-likeness (QED) is 0.716. The van der Waals surface area contributed by atoms with E-state index < -0.39 is 23.3 Å². The Bertz CT molecular complexity index is 427. The number of esters is 1. The van der Waals surface area contributed by atoms with Crippen molar-refractivity contribution in [1.82, 2.24) is 0 Å². The van der Waals surface area contributed by atoms with Gasteiger partial charge in [-0.1, -0.05) is 11.6 Å². The number of benzene rings is 1. The molecule has 0 saturated heterocycles. The lowest BCUT2D eigenvalue weighted by Crippen LogP contribution is -2.15. The number of aryl methyl sites for hydroxylation is 1. The van der Waals surface area contributed by atoms with E-state index in [0.717, 1.165) is 7.11 Å². The minimum Gasteiger partial charge on any atom is -0.465 e. The molecule has 16 heavy (non-hydrogen) atoms. The van der Waals surface area contributed by atoms with Gasteiger partial charge in [-0.3, -0.25) is 0 Å². The number of carbonyl (C=O) groups is 1. The van der Waals surface area contributed by atoms with Gasteiger partial charge in [0.15, 0.2) is 0 Å². The number of halogens is 4. The summed E-state index contributed by atoms with van der Waals surface area (Å²) in [5.74, 6) is -1.03. The standard InChI is InChI=1S/C10H8ClF3O2/c1-5-3-6(11)4-7(10(12,13)14)8(5)9(15)16-2/h3-4H,1-2H3. The van der Waals surface area contributed by atoms with Gasteiger partial charge in [-0.25, -0.2) is 4.79 Å². The normalized spacial score (nSPS) is 11.4. The van der Waals surface area contributed by atoms with E-state index in [9.17, 15) is 18.0 Å². The van der Waals surface area contributed by atoms with E-state index in [1.54, 1.807) is 0 Å². The zero-order valence-electron chi connectivity index (χ0n) is 8.48. The van der Waals surface area contributed by atoms with Crippen LogP contribution in [0.5, 0.6) is 0 Å². The third kappa shape index (κ3) is 2.47. The van der Waals surface area contributed by atoms with Gasteiger partial charge in [0.2, 0.25) is 0 Å². The molecule has 0 unspecified atom stereocenters. The minimum atomic E-state index is -4.64. The van der Waals surface area contributed by atoms with Crippen molar-refractivity contribution in [1.29, 1.82) is 0 Å². The van der Waals surface area contributed by atoms with Gasteiger partial charge >= 0.3 is 12.1 Å². The van der Waals surface area contributed by atoms with E-state index in [4.69, 9.17) is 11.6 Å². The molecule has 0 aliphatic rings. The summed E-state index contributed by atoms with van der Waals surface area (Å²) in [5.41, 5.74) is -1.45. The first-order chi connectivity index (χ1) is 7.27. The molecule has 6 heteroatoms. The first-order valence-electron chi connectivity index (χ1n) is 4.23. The van der Waals surface area contributed by atoms with Gasteiger partial charge in [0.1, 0.15) is 0 Å². The SMILES string of the molecule is COC(=O)c1c(C)cc(Cl)cc1C(F)(F)F. The van der Waals surface area contributed by atoms with Crippen molar-refractivity contribution in [3.63, 3.8) is 0 Å². The Labute approximate surface area is 95.0 Å². The molecular formula is C10H8ClF3O2. The fraction of sp³-hybridized carbons (Fsp3) is 0.300. The van der Waals surface area contributed by atoms with Crippen LogP contribution in [0.2, 0.25) is 5.02 Å². The van der Waals surface area contributed by atoms with Crippen LogP contribution in [-0.4, -0.2) is 13.1 Å². The lowest BCUT2D eigenvalue weighted by Gasteiger charge is -2.14. The predicted octanol–water partition coefficient (Wildman–Crippen LogP) is 3.45. The topological polar surface area (TPSA) is 26.3 Å². The average molecular weight is 253 g/mol. The van der Waals surface area contributed by atoms with Crippen LogP contribution >= 0.6 is 11.6 Å². The summed E-state index contributed by atoms with van der Waals surface area (Å²) in [6.07, 6.45) is -4.64. The fourth-order valence-corrected chi connectivity index (χ4v) is 1.61. The van der Waals surface area contributed by atoms with Crippen molar-refractivity contribution >= 4 is 17.6 Å². The van der Waals surface area contributed by atoms with Crippen LogP contribution in [0.15, 0.2) is 12.1 Å². The summed E-state index contributed by atoms with van der Waals surface area (Å²) in [7, 11) is 1.02. The highest BCUT2D eigenvalue weighted by Gasteiger charge is 2.36. The molecule has 0 aliphatic carbocycles. The number of ether oxygens (including phenoxy) is 1. The molecule has 0 saturated carbocycles. The molecule has 0 aliphatic heterocycles. The molecule has 0 fully saturated rings. The maximum atomic E-state index is 12.6. The van der Waals surface area contributed by atoms with Crippen LogP contribution in [0.25, 0.3) is 0 Å². The molecule has 0 amide bonds. The third-order valence-corrected chi connectivity index (χ3v) is 2.21. The van der Waals surface area contributed by atoms with Crippen molar-refractivity contribution in [2.24, 2.45) is 0 Å². The van der Waals surface area contributed by atoms with Crippen LogP contribution < -0.4 is 0 Å². The zero-order chi connectivity index (χ0) is 12.5. The number of hydrogen-bond donors (Lipinski definition) is 0. The van der Waals surface area contributed by atoms with Crippen molar-refractivity contribution in [2.75, 3.05) is 7.11 Å². The van der Waals surface area contributed by atoms with Gasteiger partial charge in [-0.15, -0.1) is 0 Å². The molecular weight excluding hydrogens is 245 g/mol. The van der Waals surface area contributed by atoms with Crippen LogP contribution in [0.3, 0.4) is 0 Å². The second-order valence-electron chi connectivity index (χ2n) is 3.13. The molecule has 0 spiro atoms. The number of hydrogen-bond acceptors (Lipinski definition) is 2. The van der Waals surface area contributed by atoms with Crippen molar-refractivity contribution < 1.29 is 22.7 Å². The summed E-state index contributed by atoms with van der Waals surface area (Å²) in [4.78, 5) is 11.2. The molecule has 1 aromatic carbocycles. The lowest BCUT2D eigenvalue weighted by atomic mass is 10.0. The molecule has 0 bridgehead atoms. The van der Waals surface area contributed by atoms with Gasteiger partial charge in [-0.2, -0.15) is 13.2 Å². The highest BCUT2D eigenvalue weighted by Crippen LogP contribution is 2.35. The van der Waals surface area contributed by atoms with Gasteiger partial charge in [-0.05, 0) is 24.6 Å². The van der Waals surface area contributed by atoms with Crippen molar-refractivity contribution in [2.45, 2.75) is 13.1 Å². The van der Waals surface area contributed by atoms with E-state index in [2.05, 4.69) is 4.74 Å². The molecule has 0 aromatic heterocycles. The molecule has 2 nitrogen and oxygen atoms in total. The third-order valence-electron chi connectivity index (χ3n) is 2.00. The fourth-order valence-electron chi connectivity index (χ4n) is 1.34. The van der Waals surface area contributed by atoms with Gasteiger partial charge in [0.25, 0.3) is 0 Å². The smallest absolute Gasteiger partial charge is 0.417 e. The second kappa shape index (κ2) is 4.33. The molecule has 0 radical (unpaired) electrons. The summed E-state index contributed by atoms with van der Waals surface area (Å²) in [6, 6.07) is 1.99. The number of alkyl halides is 3. The number of rotatable bonds is 1. The van der Waals surface area contributed by atoms with E-state index in [1.807, 2.05) is 0 Å².